The molecule has 2 unspecified atom stereocenters. The van der Waals surface area contributed by atoms with E-state index < -0.39 is 0 Å². The molecule has 32 heavy (non-hydrogen) atoms. The normalized spacial score (nSPS) is 19.1. The number of aromatic amines is 1. The molecule has 2 heterocycles. The van der Waals surface area contributed by atoms with E-state index in [1.807, 2.05) is 19.2 Å². The first kappa shape index (κ1) is 24.2. The van der Waals surface area contributed by atoms with Crippen LogP contribution in [-0.2, 0) is 6.42 Å². The van der Waals surface area contributed by atoms with Crippen LogP contribution in [0.1, 0.15) is 45.2 Å². The van der Waals surface area contributed by atoms with Gasteiger partial charge in [-0.1, -0.05) is 26.0 Å². The number of aryl methyl sites for hydroxylation is 1. The minimum Gasteiger partial charge on any atom is -0.338 e. The summed E-state index contributed by atoms with van der Waals surface area (Å²) >= 11 is 0. The number of unbranched alkanes of at least 4 members (excludes halogenated alkanes) is 1. The Morgan fingerprint density at radius 3 is 2.75 bits per heavy atom. The number of hydrogen-bond acceptors (Lipinski definition) is 3. The lowest BCUT2D eigenvalue weighted by molar-refractivity contribution is 0.139. The third kappa shape index (κ3) is 7.62. The number of urea groups is 1. The van der Waals surface area contributed by atoms with E-state index in [0.29, 0.717) is 6.54 Å². The molecule has 3 rings (SSSR count). The van der Waals surface area contributed by atoms with E-state index in [1.165, 1.54) is 31.6 Å². The van der Waals surface area contributed by atoms with Gasteiger partial charge in [-0.3, -0.25) is 5.10 Å². The van der Waals surface area contributed by atoms with E-state index in [-0.39, 0.29) is 11.8 Å². The lowest BCUT2D eigenvalue weighted by Crippen LogP contribution is -2.40. The molecule has 2 N–H and O–H groups in total. The lowest BCUT2D eigenvalue weighted by atomic mass is 9.92. The molecule has 176 valence electrons. The highest BCUT2D eigenvalue weighted by Gasteiger charge is 2.21. The van der Waals surface area contributed by atoms with Gasteiger partial charge in [-0.15, -0.1) is 0 Å². The predicted molar refractivity (Wildman–Crippen MR) is 127 cm³/mol. The largest absolute Gasteiger partial charge is 0.338 e. The van der Waals surface area contributed by atoms with Crippen LogP contribution in [0, 0.1) is 17.7 Å². The number of aromatic nitrogens is 2. The fourth-order valence-corrected chi connectivity index (χ4v) is 4.66. The van der Waals surface area contributed by atoms with E-state index in [0.717, 1.165) is 67.6 Å². The number of rotatable bonds is 10. The third-order valence-corrected chi connectivity index (χ3v) is 6.16. The molecule has 1 saturated heterocycles. The number of carbonyl (C=O) groups excluding carboxylic acids is 1. The minimum atomic E-state index is -0.268. The molecule has 0 bridgehead atoms. The van der Waals surface area contributed by atoms with Crippen LogP contribution < -0.4 is 5.32 Å². The number of nitrogens with zero attached hydrogens (tertiary/aromatic N) is 3. The fourth-order valence-electron chi connectivity index (χ4n) is 4.66. The Morgan fingerprint density at radius 1 is 1.22 bits per heavy atom. The summed E-state index contributed by atoms with van der Waals surface area (Å²) in [6.45, 7) is 9.62. The quantitative estimate of drug-likeness (QED) is 0.530. The van der Waals surface area contributed by atoms with Crippen molar-refractivity contribution in [3.63, 3.8) is 0 Å². The number of benzene rings is 1. The lowest BCUT2D eigenvalue weighted by Gasteiger charge is -2.34. The van der Waals surface area contributed by atoms with E-state index >= 15 is 0 Å². The monoisotopic (exact) mass is 443 g/mol. The Labute approximate surface area is 191 Å². The highest BCUT2D eigenvalue weighted by Crippen LogP contribution is 2.21. The maximum absolute atomic E-state index is 13.4. The van der Waals surface area contributed by atoms with Crippen molar-refractivity contribution in [1.29, 1.82) is 0 Å². The fraction of sp³-hybridized carbons (Fsp3) is 0.600. The van der Waals surface area contributed by atoms with Crippen LogP contribution in [0.4, 0.5) is 9.18 Å². The molecule has 2 aromatic rings. The van der Waals surface area contributed by atoms with Crippen LogP contribution in [0.15, 0.2) is 30.3 Å². The standard InChI is InChI=1S/C25H38FN5O/c1-19-14-20(2)18-31(17-19)13-5-4-11-27-25(32)30(3)12-7-10-23-16-24(29-28-23)21-8-6-9-22(26)15-21/h6,8-9,15-16,19-20H,4-5,7,10-14,17-18H2,1-3H3,(H,27,32)(H,28,29). The first-order valence-corrected chi connectivity index (χ1v) is 11.9. The maximum Gasteiger partial charge on any atom is 0.317 e. The van der Waals surface area contributed by atoms with Gasteiger partial charge in [0.2, 0.25) is 0 Å². The second kappa shape index (κ2) is 12.0. The van der Waals surface area contributed by atoms with Crippen molar-refractivity contribution >= 4 is 6.03 Å². The van der Waals surface area contributed by atoms with Gasteiger partial charge in [-0.25, -0.2) is 9.18 Å². The van der Waals surface area contributed by atoms with Gasteiger partial charge in [-0.05, 0) is 68.7 Å². The maximum atomic E-state index is 13.4. The van der Waals surface area contributed by atoms with Crippen molar-refractivity contribution in [2.24, 2.45) is 11.8 Å². The molecule has 6 nitrogen and oxygen atoms in total. The van der Waals surface area contributed by atoms with Crippen LogP contribution in [0.25, 0.3) is 11.3 Å². The molecule has 7 heteroatoms. The molecule has 1 aromatic carbocycles. The molecule has 0 radical (unpaired) electrons. The number of piperidine rings is 1. The summed E-state index contributed by atoms with van der Waals surface area (Å²) in [6.07, 6.45) is 5.09. The number of amides is 2. The SMILES string of the molecule is CC1CC(C)CN(CCCCNC(=O)N(C)CCCc2cc(-c3cccc(F)c3)n[nH]2)C1. The molecule has 1 aromatic heterocycles. The number of H-pyrrole nitrogens is 1. The van der Waals surface area contributed by atoms with Crippen LogP contribution in [0.5, 0.6) is 0 Å². The summed E-state index contributed by atoms with van der Waals surface area (Å²) in [6, 6.07) is 8.35. The average Bonchev–Trinajstić information content (AvgIpc) is 3.21. The summed E-state index contributed by atoms with van der Waals surface area (Å²) < 4.78 is 13.4. The summed E-state index contributed by atoms with van der Waals surface area (Å²) in [7, 11) is 1.83. The van der Waals surface area contributed by atoms with Crippen molar-refractivity contribution in [3.05, 3.63) is 41.8 Å². The van der Waals surface area contributed by atoms with Crippen molar-refractivity contribution in [2.75, 3.05) is 39.8 Å². The van der Waals surface area contributed by atoms with Gasteiger partial charge in [0.25, 0.3) is 0 Å². The molecule has 2 atom stereocenters. The number of nitrogens with one attached hydrogen (secondary N) is 2. The first-order chi connectivity index (χ1) is 15.4. The first-order valence-electron chi connectivity index (χ1n) is 11.9. The second-order valence-corrected chi connectivity index (χ2v) is 9.46. The van der Waals surface area contributed by atoms with E-state index in [1.54, 1.807) is 11.0 Å². The molecule has 0 spiro atoms. The van der Waals surface area contributed by atoms with Gasteiger partial charge in [0.15, 0.2) is 0 Å². The van der Waals surface area contributed by atoms with E-state index in [4.69, 9.17) is 0 Å². The molecular formula is C25H38FN5O. The third-order valence-electron chi connectivity index (χ3n) is 6.16. The summed E-state index contributed by atoms with van der Waals surface area (Å²) in [5.74, 6) is 1.32. The zero-order valence-corrected chi connectivity index (χ0v) is 19.7. The Balaban J connectivity index is 1.28. The summed E-state index contributed by atoms with van der Waals surface area (Å²) in [4.78, 5) is 16.6. The van der Waals surface area contributed by atoms with Gasteiger partial charge in [0.05, 0.1) is 5.69 Å². The molecule has 0 aliphatic carbocycles. The van der Waals surface area contributed by atoms with Crippen molar-refractivity contribution in [1.82, 2.24) is 25.3 Å². The van der Waals surface area contributed by atoms with Crippen LogP contribution in [0.2, 0.25) is 0 Å². The highest BCUT2D eigenvalue weighted by atomic mass is 19.1. The minimum absolute atomic E-state index is 0.0183. The van der Waals surface area contributed by atoms with Gasteiger partial charge < -0.3 is 15.1 Å². The smallest absolute Gasteiger partial charge is 0.317 e. The topological polar surface area (TPSA) is 64.3 Å². The second-order valence-electron chi connectivity index (χ2n) is 9.46. The van der Waals surface area contributed by atoms with Gasteiger partial charge in [-0.2, -0.15) is 5.10 Å². The highest BCUT2D eigenvalue weighted by molar-refractivity contribution is 5.73. The Hall–Kier alpha value is -2.41. The summed E-state index contributed by atoms with van der Waals surface area (Å²) in [5.41, 5.74) is 2.48. The van der Waals surface area contributed by atoms with Crippen molar-refractivity contribution in [2.45, 2.75) is 46.0 Å². The van der Waals surface area contributed by atoms with Gasteiger partial charge in [0.1, 0.15) is 5.82 Å². The van der Waals surface area contributed by atoms with Crippen molar-refractivity contribution < 1.29 is 9.18 Å². The number of halogens is 1. The molecule has 1 aliphatic heterocycles. The zero-order valence-electron chi connectivity index (χ0n) is 19.7. The molecular weight excluding hydrogens is 405 g/mol. The van der Waals surface area contributed by atoms with Crippen LogP contribution in [-0.4, -0.2) is 65.8 Å². The predicted octanol–water partition coefficient (Wildman–Crippen LogP) is 4.55. The molecule has 2 amide bonds. The summed E-state index contributed by atoms with van der Waals surface area (Å²) in [5, 5.41) is 10.3. The van der Waals surface area contributed by atoms with E-state index in [9.17, 15) is 9.18 Å². The van der Waals surface area contributed by atoms with Gasteiger partial charge >= 0.3 is 6.03 Å². The number of carbonyl (C=O) groups is 1. The number of hydrogen-bond donors (Lipinski definition) is 2. The Kier molecular flexibility index (Phi) is 9.09. The molecule has 1 fully saturated rings. The Morgan fingerprint density at radius 2 is 2.00 bits per heavy atom. The van der Waals surface area contributed by atoms with Crippen LogP contribution >= 0.6 is 0 Å². The Bertz CT molecular complexity index is 844. The van der Waals surface area contributed by atoms with E-state index in [2.05, 4.69) is 34.3 Å². The van der Waals surface area contributed by atoms with Crippen molar-refractivity contribution in [3.8, 4) is 11.3 Å². The average molecular weight is 444 g/mol. The van der Waals surface area contributed by atoms with Crippen LogP contribution in [0.3, 0.4) is 0 Å². The molecule has 1 aliphatic rings. The molecule has 0 saturated carbocycles. The zero-order chi connectivity index (χ0) is 22.9. The number of likely N-dealkylation sites (tertiary alicyclic amines) is 1. The van der Waals surface area contributed by atoms with Gasteiger partial charge in [0, 0.05) is 44.5 Å².